The lowest BCUT2D eigenvalue weighted by Gasteiger charge is -2.29. The predicted molar refractivity (Wildman–Crippen MR) is 115 cm³/mol. The Morgan fingerprint density at radius 2 is 1.48 bits per heavy atom. The summed E-state index contributed by atoms with van der Waals surface area (Å²) in [6.07, 6.45) is 15.0. The second kappa shape index (κ2) is 14.0. The predicted octanol–water partition coefficient (Wildman–Crippen LogP) is 4.08. The second-order valence-electron chi connectivity index (χ2n) is 10.1. The summed E-state index contributed by atoms with van der Waals surface area (Å²) in [6, 6.07) is 0. The summed E-state index contributed by atoms with van der Waals surface area (Å²) in [7, 11) is 5.85. The molecule has 29 heavy (non-hydrogen) atoms. The van der Waals surface area contributed by atoms with Crippen molar-refractivity contribution in [2.75, 3.05) is 27.7 Å². The lowest BCUT2D eigenvalue weighted by atomic mass is 10.0. The molecule has 3 atom stereocenters. The molecule has 0 saturated heterocycles. The van der Waals surface area contributed by atoms with Crippen molar-refractivity contribution in [1.82, 2.24) is 0 Å². The van der Waals surface area contributed by atoms with Crippen LogP contribution in [0.25, 0.3) is 0 Å². The van der Waals surface area contributed by atoms with Crippen LogP contribution in [0.5, 0.6) is 0 Å². The molecule has 0 aromatic rings. The summed E-state index contributed by atoms with van der Waals surface area (Å²) in [6.45, 7) is 2.74. The maximum Gasteiger partial charge on any atom is 0.306 e. The van der Waals surface area contributed by atoms with Crippen molar-refractivity contribution < 1.29 is 23.9 Å². The van der Waals surface area contributed by atoms with E-state index < -0.39 is 12.1 Å². The highest BCUT2D eigenvalue weighted by Crippen LogP contribution is 2.45. The lowest BCUT2D eigenvalue weighted by molar-refractivity contribution is -0.873. The standard InChI is InChI=1S/C24H45NO4/c1-5-6-7-11-14-20-17-21(20)15-12-9-8-10-13-16-24(28)29-22(18-23(26)27)19-25(2,3)4/h20-22H,5-19H2,1-4H3/t20-,21+,22+/m0/s1. The number of esters is 1. The minimum absolute atomic E-state index is 0.234. The Bertz CT molecular complexity index is 472. The van der Waals surface area contributed by atoms with E-state index in [1.807, 2.05) is 21.1 Å². The molecule has 0 aliphatic heterocycles. The van der Waals surface area contributed by atoms with Crippen LogP contribution in [0.2, 0.25) is 0 Å². The molecule has 0 unspecified atom stereocenters. The zero-order chi connectivity index (χ0) is 21.7. The Morgan fingerprint density at radius 1 is 0.931 bits per heavy atom. The molecule has 170 valence electrons. The molecule has 0 aromatic heterocycles. The van der Waals surface area contributed by atoms with Gasteiger partial charge in [-0.05, 0) is 24.7 Å². The Balaban J connectivity index is 2.01. The SMILES string of the molecule is CCCCCC[C@H]1C[C@H]1CCCCCCCC(=O)O[C@H](CC(=O)[O-])C[N+](C)(C)C. The summed E-state index contributed by atoms with van der Waals surface area (Å²) >= 11 is 0. The third-order valence-corrected chi connectivity index (χ3v) is 5.90. The van der Waals surface area contributed by atoms with Crippen LogP contribution in [0.15, 0.2) is 0 Å². The van der Waals surface area contributed by atoms with Gasteiger partial charge < -0.3 is 19.1 Å². The molecule has 0 aromatic carbocycles. The molecule has 1 fully saturated rings. The summed E-state index contributed by atoms with van der Waals surface area (Å²) in [5, 5.41) is 10.9. The Kier molecular flexibility index (Phi) is 12.5. The van der Waals surface area contributed by atoms with Crippen LogP contribution < -0.4 is 5.11 Å². The molecule has 0 N–H and O–H groups in total. The van der Waals surface area contributed by atoms with Gasteiger partial charge in [0.25, 0.3) is 0 Å². The van der Waals surface area contributed by atoms with Crippen molar-refractivity contribution in [2.45, 2.75) is 103 Å². The van der Waals surface area contributed by atoms with Gasteiger partial charge in [0.1, 0.15) is 6.54 Å². The fourth-order valence-corrected chi connectivity index (χ4v) is 4.24. The second-order valence-corrected chi connectivity index (χ2v) is 10.1. The number of carbonyl (C=O) groups excluding carboxylic acids is 2. The molecule has 1 rings (SSSR count). The maximum atomic E-state index is 12.0. The molecule has 0 amide bonds. The van der Waals surface area contributed by atoms with Crippen LogP contribution in [0.1, 0.15) is 96.8 Å². The molecule has 0 bridgehead atoms. The van der Waals surface area contributed by atoms with Crippen molar-refractivity contribution in [3.05, 3.63) is 0 Å². The van der Waals surface area contributed by atoms with Crippen molar-refractivity contribution >= 4 is 11.9 Å². The van der Waals surface area contributed by atoms with Gasteiger partial charge in [0.15, 0.2) is 6.10 Å². The van der Waals surface area contributed by atoms with Crippen molar-refractivity contribution in [2.24, 2.45) is 11.8 Å². The summed E-state index contributed by atoms with van der Waals surface area (Å²) in [4.78, 5) is 22.9. The summed E-state index contributed by atoms with van der Waals surface area (Å²) in [5.41, 5.74) is 0. The first-order chi connectivity index (χ1) is 13.7. The van der Waals surface area contributed by atoms with Gasteiger partial charge in [-0.15, -0.1) is 0 Å². The number of hydrogen-bond donors (Lipinski definition) is 0. The molecule has 5 heteroatoms. The van der Waals surface area contributed by atoms with E-state index in [1.54, 1.807) is 0 Å². The zero-order valence-corrected chi connectivity index (χ0v) is 19.4. The number of aliphatic carboxylic acids is 1. The van der Waals surface area contributed by atoms with E-state index in [-0.39, 0.29) is 12.4 Å². The first-order valence-electron chi connectivity index (χ1n) is 11.9. The van der Waals surface area contributed by atoms with Gasteiger partial charge in [-0.2, -0.15) is 0 Å². The first kappa shape index (κ1) is 25.9. The Labute approximate surface area is 178 Å². The monoisotopic (exact) mass is 411 g/mol. The van der Waals surface area contributed by atoms with Gasteiger partial charge >= 0.3 is 5.97 Å². The molecule has 5 nitrogen and oxygen atoms in total. The fraction of sp³-hybridized carbons (Fsp3) is 0.917. The molecule has 1 aliphatic rings. The molecule has 0 spiro atoms. The third-order valence-electron chi connectivity index (χ3n) is 5.90. The molecular weight excluding hydrogens is 366 g/mol. The highest BCUT2D eigenvalue weighted by Gasteiger charge is 2.34. The van der Waals surface area contributed by atoms with Crippen LogP contribution in [0.3, 0.4) is 0 Å². The number of unbranched alkanes of at least 4 members (excludes halogenated alkanes) is 7. The number of ether oxygens (including phenoxy) is 1. The van der Waals surface area contributed by atoms with Gasteiger partial charge in [0, 0.05) is 18.8 Å². The average Bonchev–Trinajstić information content (AvgIpc) is 3.34. The van der Waals surface area contributed by atoms with E-state index in [0.717, 1.165) is 24.7 Å². The fourth-order valence-electron chi connectivity index (χ4n) is 4.24. The lowest BCUT2D eigenvalue weighted by Crippen LogP contribution is -2.45. The van der Waals surface area contributed by atoms with Gasteiger partial charge in [0.05, 0.1) is 21.1 Å². The van der Waals surface area contributed by atoms with E-state index in [2.05, 4.69) is 6.92 Å². The van der Waals surface area contributed by atoms with Crippen LogP contribution in [0, 0.1) is 11.8 Å². The molecule has 0 radical (unpaired) electrons. The number of rotatable bonds is 18. The van der Waals surface area contributed by atoms with Crippen molar-refractivity contribution in [3.8, 4) is 0 Å². The summed E-state index contributed by atoms with van der Waals surface area (Å²) in [5.74, 6) is 0.555. The minimum atomic E-state index is -1.17. The van der Waals surface area contributed by atoms with E-state index in [1.165, 1.54) is 64.2 Å². The number of carboxylic acid groups (broad SMARTS) is 1. The van der Waals surface area contributed by atoms with E-state index in [0.29, 0.717) is 17.4 Å². The van der Waals surface area contributed by atoms with E-state index >= 15 is 0 Å². The third kappa shape index (κ3) is 14.5. The van der Waals surface area contributed by atoms with E-state index in [9.17, 15) is 14.7 Å². The largest absolute Gasteiger partial charge is 0.550 e. The quantitative estimate of drug-likeness (QED) is 0.194. The normalized spacial score (nSPS) is 19.7. The van der Waals surface area contributed by atoms with Gasteiger partial charge in [-0.1, -0.05) is 71.1 Å². The van der Waals surface area contributed by atoms with Crippen molar-refractivity contribution in [3.63, 3.8) is 0 Å². The Hall–Kier alpha value is -1.10. The number of nitrogens with zero attached hydrogens (tertiary/aromatic N) is 1. The highest BCUT2D eigenvalue weighted by molar-refractivity contribution is 5.70. The van der Waals surface area contributed by atoms with Crippen LogP contribution in [0.4, 0.5) is 0 Å². The highest BCUT2D eigenvalue weighted by atomic mass is 16.5. The number of carboxylic acids is 1. The zero-order valence-electron chi connectivity index (χ0n) is 19.4. The summed E-state index contributed by atoms with van der Waals surface area (Å²) < 4.78 is 5.94. The molecule has 1 saturated carbocycles. The Morgan fingerprint density at radius 3 is 2.03 bits per heavy atom. The van der Waals surface area contributed by atoms with Gasteiger partial charge in [-0.3, -0.25) is 4.79 Å². The van der Waals surface area contributed by atoms with Gasteiger partial charge in [-0.25, -0.2) is 0 Å². The van der Waals surface area contributed by atoms with Crippen LogP contribution >= 0.6 is 0 Å². The number of carbonyl (C=O) groups is 2. The number of quaternary nitrogens is 1. The topological polar surface area (TPSA) is 66.4 Å². The van der Waals surface area contributed by atoms with Crippen molar-refractivity contribution in [1.29, 1.82) is 0 Å². The number of likely N-dealkylation sites (N-methyl/N-ethyl adjacent to an activating group) is 1. The first-order valence-corrected chi connectivity index (χ1v) is 11.9. The van der Waals surface area contributed by atoms with Crippen LogP contribution in [-0.2, 0) is 14.3 Å². The maximum absolute atomic E-state index is 12.0. The molecule has 0 heterocycles. The average molecular weight is 412 g/mol. The molecular formula is C24H45NO4. The number of hydrogen-bond acceptors (Lipinski definition) is 4. The molecule has 1 aliphatic carbocycles. The van der Waals surface area contributed by atoms with Crippen LogP contribution in [-0.4, -0.2) is 50.2 Å². The smallest absolute Gasteiger partial charge is 0.306 e. The van der Waals surface area contributed by atoms with E-state index in [4.69, 9.17) is 4.74 Å². The van der Waals surface area contributed by atoms with Gasteiger partial charge in [0.2, 0.25) is 0 Å². The minimum Gasteiger partial charge on any atom is -0.550 e.